The zero-order valence-electron chi connectivity index (χ0n) is 9.02. The van der Waals surface area contributed by atoms with E-state index in [1.807, 2.05) is 18.2 Å². The molecule has 0 aromatic heterocycles. The summed E-state index contributed by atoms with van der Waals surface area (Å²) >= 11 is 0. The number of ether oxygens (including phenoxy) is 2. The molecule has 1 unspecified atom stereocenters. The number of hydrogen-bond acceptors (Lipinski definition) is 3. The first-order valence-electron chi connectivity index (χ1n) is 5.32. The Morgan fingerprint density at radius 3 is 3.19 bits per heavy atom. The van der Waals surface area contributed by atoms with E-state index in [2.05, 4.69) is 6.58 Å². The van der Waals surface area contributed by atoms with Gasteiger partial charge in [-0.15, -0.1) is 0 Å². The van der Waals surface area contributed by atoms with Crippen LogP contribution < -0.4 is 9.47 Å². The van der Waals surface area contributed by atoms with Crippen LogP contribution in [0.25, 0.3) is 0 Å². The lowest BCUT2D eigenvalue weighted by Crippen LogP contribution is -2.23. The zero-order valence-corrected chi connectivity index (χ0v) is 9.02. The molecular weight excluding hydrogens is 204 g/mol. The third-order valence-electron chi connectivity index (χ3n) is 2.53. The van der Waals surface area contributed by atoms with Crippen LogP contribution in [0.5, 0.6) is 11.5 Å². The van der Waals surface area contributed by atoms with E-state index in [9.17, 15) is 4.79 Å². The van der Waals surface area contributed by atoms with Crippen molar-refractivity contribution in [1.82, 2.24) is 0 Å². The minimum Gasteiger partial charge on any atom is -0.490 e. The van der Waals surface area contributed by atoms with E-state index < -0.39 is 0 Å². The molecular formula is C13H14O3. The molecule has 0 spiro atoms. The average Bonchev–Trinajstić information content (AvgIpc) is 2.35. The number of aldehydes is 1. The van der Waals surface area contributed by atoms with E-state index >= 15 is 0 Å². The molecule has 1 aliphatic heterocycles. The molecule has 1 aromatic rings. The van der Waals surface area contributed by atoms with E-state index in [1.54, 1.807) is 6.08 Å². The summed E-state index contributed by atoms with van der Waals surface area (Å²) in [5, 5.41) is 0. The molecule has 1 aromatic carbocycles. The lowest BCUT2D eigenvalue weighted by Gasteiger charge is -2.22. The Morgan fingerprint density at radius 2 is 2.44 bits per heavy atom. The molecule has 1 heterocycles. The minimum atomic E-state index is -0.299. The highest BCUT2D eigenvalue weighted by atomic mass is 16.5. The number of carbonyl (C=O) groups is 1. The highest BCUT2D eigenvalue weighted by Crippen LogP contribution is 2.30. The summed E-state index contributed by atoms with van der Waals surface area (Å²) in [5.74, 6) is 1.60. The third-order valence-corrected chi connectivity index (χ3v) is 2.53. The summed E-state index contributed by atoms with van der Waals surface area (Å²) in [6.07, 6.45) is 3.85. The van der Waals surface area contributed by atoms with Crippen molar-refractivity contribution < 1.29 is 14.3 Å². The van der Waals surface area contributed by atoms with Gasteiger partial charge in [-0.25, -0.2) is 0 Å². The van der Waals surface area contributed by atoms with Crippen LogP contribution in [0.3, 0.4) is 0 Å². The van der Waals surface area contributed by atoms with Crippen molar-refractivity contribution in [2.24, 2.45) is 0 Å². The summed E-state index contributed by atoms with van der Waals surface area (Å²) < 4.78 is 10.9. The van der Waals surface area contributed by atoms with Gasteiger partial charge in [-0.1, -0.05) is 12.7 Å². The Hall–Kier alpha value is -1.77. The van der Waals surface area contributed by atoms with Crippen LogP contribution in [0.4, 0.5) is 0 Å². The third kappa shape index (κ3) is 2.24. The molecule has 0 aliphatic carbocycles. The van der Waals surface area contributed by atoms with Gasteiger partial charge in [0.25, 0.3) is 0 Å². The fourth-order valence-electron chi connectivity index (χ4n) is 1.73. The summed E-state index contributed by atoms with van der Waals surface area (Å²) in [7, 11) is 0. The normalized spacial score (nSPS) is 18.1. The predicted octanol–water partition coefficient (Wildman–Crippen LogP) is 2.14. The molecule has 1 aliphatic rings. The van der Waals surface area contributed by atoms with Crippen LogP contribution in [0.1, 0.15) is 12.0 Å². The molecule has 0 saturated carbocycles. The van der Waals surface area contributed by atoms with Crippen LogP contribution in [0.2, 0.25) is 0 Å². The molecule has 16 heavy (non-hydrogen) atoms. The number of fused-ring (bicyclic) bond motifs is 1. The monoisotopic (exact) mass is 218 g/mol. The maximum absolute atomic E-state index is 10.6. The van der Waals surface area contributed by atoms with E-state index in [1.165, 1.54) is 0 Å². The second kappa shape index (κ2) is 4.84. The fraction of sp³-hybridized carbons (Fsp3) is 0.308. The summed E-state index contributed by atoms with van der Waals surface area (Å²) in [5.41, 5.74) is 1.10. The van der Waals surface area contributed by atoms with Gasteiger partial charge in [0, 0.05) is 0 Å². The van der Waals surface area contributed by atoms with E-state index in [0.29, 0.717) is 6.61 Å². The maximum Gasteiger partial charge on any atom is 0.160 e. The fourth-order valence-corrected chi connectivity index (χ4v) is 1.73. The number of benzene rings is 1. The van der Waals surface area contributed by atoms with Crippen molar-refractivity contribution in [1.29, 1.82) is 0 Å². The summed E-state index contributed by atoms with van der Waals surface area (Å²) in [6.45, 7) is 4.09. The van der Waals surface area contributed by atoms with Crippen LogP contribution >= 0.6 is 0 Å². The second-order valence-electron chi connectivity index (χ2n) is 3.70. The largest absolute Gasteiger partial charge is 0.490 e. The Balaban J connectivity index is 2.14. The molecule has 0 radical (unpaired) electrons. The van der Waals surface area contributed by atoms with Gasteiger partial charge in [0.15, 0.2) is 12.4 Å². The molecule has 1 atom stereocenters. The molecule has 3 nitrogen and oxygen atoms in total. The molecule has 0 amide bonds. The van der Waals surface area contributed by atoms with Gasteiger partial charge < -0.3 is 9.47 Å². The van der Waals surface area contributed by atoms with Crippen molar-refractivity contribution in [2.45, 2.75) is 18.9 Å². The number of hydrogen-bond donors (Lipinski definition) is 0. The van der Waals surface area contributed by atoms with Crippen molar-refractivity contribution in [2.75, 3.05) is 6.61 Å². The molecule has 0 bridgehead atoms. The van der Waals surface area contributed by atoms with Crippen LogP contribution in [-0.2, 0) is 11.2 Å². The Labute approximate surface area is 94.7 Å². The highest BCUT2D eigenvalue weighted by Gasteiger charge is 2.19. The van der Waals surface area contributed by atoms with Gasteiger partial charge in [-0.3, -0.25) is 4.79 Å². The van der Waals surface area contributed by atoms with Gasteiger partial charge in [0.1, 0.15) is 18.1 Å². The quantitative estimate of drug-likeness (QED) is 0.573. The first kappa shape index (κ1) is 10.7. The second-order valence-corrected chi connectivity index (χ2v) is 3.70. The van der Waals surface area contributed by atoms with Crippen LogP contribution in [0.15, 0.2) is 30.9 Å². The molecule has 3 heteroatoms. The standard InChI is InChI=1S/C13H14O3/c1-2-7-15-11-5-6-13-10(8-11)3-4-12(9-14)16-13/h2,5-6,8-9,12H,1,3-4,7H2. The summed E-state index contributed by atoms with van der Waals surface area (Å²) in [4.78, 5) is 10.6. The van der Waals surface area contributed by atoms with Crippen molar-refractivity contribution in [3.8, 4) is 11.5 Å². The maximum atomic E-state index is 10.6. The minimum absolute atomic E-state index is 0.299. The smallest absolute Gasteiger partial charge is 0.160 e. The Morgan fingerprint density at radius 1 is 1.56 bits per heavy atom. The molecule has 0 saturated heterocycles. The highest BCUT2D eigenvalue weighted by molar-refractivity contribution is 5.58. The average molecular weight is 218 g/mol. The lowest BCUT2D eigenvalue weighted by atomic mass is 10.0. The first-order valence-corrected chi connectivity index (χ1v) is 5.32. The Bertz CT molecular complexity index is 398. The molecule has 2 rings (SSSR count). The van der Waals surface area contributed by atoms with Crippen molar-refractivity contribution >= 4 is 6.29 Å². The topological polar surface area (TPSA) is 35.5 Å². The first-order chi connectivity index (χ1) is 7.83. The lowest BCUT2D eigenvalue weighted by molar-refractivity contribution is -0.114. The van der Waals surface area contributed by atoms with Crippen molar-refractivity contribution in [3.05, 3.63) is 36.4 Å². The Kier molecular flexibility index (Phi) is 3.25. The van der Waals surface area contributed by atoms with E-state index in [4.69, 9.17) is 9.47 Å². The van der Waals surface area contributed by atoms with Crippen LogP contribution in [0, 0.1) is 0 Å². The molecule has 84 valence electrons. The molecule has 0 fully saturated rings. The van der Waals surface area contributed by atoms with Gasteiger partial charge in [0.05, 0.1) is 0 Å². The molecule has 0 N–H and O–H groups in total. The predicted molar refractivity (Wildman–Crippen MR) is 60.9 cm³/mol. The number of aryl methyl sites for hydroxylation is 1. The van der Waals surface area contributed by atoms with Gasteiger partial charge >= 0.3 is 0 Å². The zero-order chi connectivity index (χ0) is 11.4. The van der Waals surface area contributed by atoms with Crippen molar-refractivity contribution in [3.63, 3.8) is 0 Å². The number of carbonyl (C=O) groups excluding carboxylic acids is 1. The summed E-state index contributed by atoms with van der Waals surface area (Å²) in [6, 6.07) is 5.65. The van der Waals surface area contributed by atoms with Gasteiger partial charge in [0.2, 0.25) is 0 Å². The van der Waals surface area contributed by atoms with Gasteiger partial charge in [-0.05, 0) is 36.6 Å². The van der Waals surface area contributed by atoms with Gasteiger partial charge in [-0.2, -0.15) is 0 Å². The van der Waals surface area contributed by atoms with Crippen LogP contribution in [-0.4, -0.2) is 19.0 Å². The van der Waals surface area contributed by atoms with E-state index in [0.717, 1.165) is 36.2 Å². The van der Waals surface area contributed by atoms with E-state index in [-0.39, 0.29) is 6.10 Å². The SMILES string of the molecule is C=CCOc1ccc2c(c1)CCC(C=O)O2. The number of rotatable bonds is 4.